The first-order valence-corrected chi connectivity index (χ1v) is 6.42. The summed E-state index contributed by atoms with van der Waals surface area (Å²) in [5.41, 5.74) is 0.965. The van der Waals surface area contributed by atoms with E-state index in [9.17, 15) is 4.79 Å². The second kappa shape index (κ2) is 5.87. The van der Waals surface area contributed by atoms with Crippen molar-refractivity contribution in [1.29, 1.82) is 0 Å². The molecule has 2 heterocycles. The monoisotopic (exact) mass is 248 g/mol. The molecule has 4 heteroatoms. The van der Waals surface area contributed by atoms with Gasteiger partial charge in [-0.05, 0) is 25.3 Å². The van der Waals surface area contributed by atoms with Gasteiger partial charge in [-0.1, -0.05) is 30.3 Å². The second-order valence-corrected chi connectivity index (χ2v) is 4.87. The largest absolute Gasteiger partial charge is 0.392 e. The van der Waals surface area contributed by atoms with Crippen LogP contribution in [-0.2, 0) is 6.61 Å². The van der Waals surface area contributed by atoms with Crippen LogP contribution in [0.3, 0.4) is 0 Å². The van der Waals surface area contributed by atoms with Crippen LogP contribution in [0.4, 0.5) is 4.79 Å². The maximum Gasteiger partial charge on any atom is 0.317 e. The zero-order valence-electron chi connectivity index (χ0n) is 10.7. The number of aliphatic hydroxyl groups is 1. The Labute approximate surface area is 108 Å². The lowest BCUT2D eigenvalue weighted by molar-refractivity contribution is 0.191. The third-order valence-electron chi connectivity index (χ3n) is 3.50. The number of aliphatic hydroxyl groups excluding tert-OH is 1. The van der Waals surface area contributed by atoms with E-state index in [0.717, 1.165) is 24.9 Å². The van der Waals surface area contributed by atoms with Crippen LogP contribution < -0.4 is 5.32 Å². The van der Waals surface area contributed by atoms with E-state index in [1.807, 2.05) is 35.2 Å². The number of benzene rings is 1. The average Bonchev–Trinajstić information content (AvgIpc) is 2.73. The lowest BCUT2D eigenvalue weighted by atomic mass is 10.0. The summed E-state index contributed by atoms with van der Waals surface area (Å²) in [6.45, 7) is 3.18. The van der Waals surface area contributed by atoms with Crippen LogP contribution in [-0.4, -0.2) is 34.7 Å². The fraction of sp³-hybridized carbons (Fsp3) is 0.500. The van der Waals surface area contributed by atoms with Gasteiger partial charge < -0.3 is 15.3 Å². The van der Waals surface area contributed by atoms with E-state index in [2.05, 4.69) is 12.2 Å². The minimum Gasteiger partial charge on any atom is -0.392 e. The van der Waals surface area contributed by atoms with Gasteiger partial charge in [-0.15, -0.1) is 0 Å². The molecule has 3 rings (SSSR count). The number of fused-ring (bicyclic) bond motifs is 2. The first-order chi connectivity index (χ1) is 8.70. The molecule has 2 aliphatic heterocycles. The molecule has 1 aromatic carbocycles. The van der Waals surface area contributed by atoms with Gasteiger partial charge in [0.15, 0.2) is 0 Å². The van der Waals surface area contributed by atoms with Gasteiger partial charge in [0.1, 0.15) is 0 Å². The molecule has 0 radical (unpaired) electrons. The number of carbonyl (C=O) groups is 1. The van der Waals surface area contributed by atoms with E-state index >= 15 is 0 Å². The molecule has 0 aliphatic carbocycles. The van der Waals surface area contributed by atoms with E-state index in [0.29, 0.717) is 12.1 Å². The molecule has 2 bridgehead atoms. The van der Waals surface area contributed by atoms with Gasteiger partial charge in [-0.25, -0.2) is 4.79 Å². The van der Waals surface area contributed by atoms with Gasteiger partial charge in [-0.2, -0.15) is 0 Å². The predicted octanol–water partition coefficient (Wildman–Crippen LogP) is 1.74. The van der Waals surface area contributed by atoms with Gasteiger partial charge in [0, 0.05) is 18.6 Å². The summed E-state index contributed by atoms with van der Waals surface area (Å²) >= 11 is 0. The number of hydrogen-bond acceptors (Lipinski definition) is 2. The van der Waals surface area contributed by atoms with Crippen LogP contribution in [0.25, 0.3) is 0 Å². The molecule has 1 aromatic rings. The third kappa shape index (κ3) is 3.01. The molecule has 2 fully saturated rings. The SMILES string of the molecule is C[C@@H]1CCC2CN1C(=O)N2.OCc1ccccc1. The standard InChI is InChI=1S/C7H12N2O.C7H8O/c1-5-2-3-6-4-9(5)7(10)8-6;8-6-7-4-2-1-3-5-7/h5-6H,2-4H2,1H3,(H,8,10);1-5,8H,6H2/t5-,6?;/m1./s1. The summed E-state index contributed by atoms with van der Waals surface area (Å²) in [6.07, 6.45) is 2.31. The normalized spacial score (nSPS) is 25.2. The number of amides is 2. The lowest BCUT2D eigenvalue weighted by Gasteiger charge is -2.27. The Morgan fingerprint density at radius 2 is 2.06 bits per heavy atom. The zero-order chi connectivity index (χ0) is 13.0. The van der Waals surface area contributed by atoms with Gasteiger partial charge in [0.25, 0.3) is 0 Å². The van der Waals surface area contributed by atoms with Gasteiger partial charge in [0.05, 0.1) is 6.61 Å². The van der Waals surface area contributed by atoms with E-state index in [-0.39, 0.29) is 12.6 Å². The van der Waals surface area contributed by atoms with Crippen molar-refractivity contribution in [2.75, 3.05) is 6.54 Å². The Balaban J connectivity index is 0.000000138. The highest BCUT2D eigenvalue weighted by Gasteiger charge is 2.35. The van der Waals surface area contributed by atoms with E-state index in [1.165, 1.54) is 0 Å². The van der Waals surface area contributed by atoms with Crippen molar-refractivity contribution in [2.45, 2.75) is 38.5 Å². The highest BCUT2D eigenvalue weighted by molar-refractivity contribution is 5.77. The average molecular weight is 248 g/mol. The first kappa shape index (κ1) is 12.9. The van der Waals surface area contributed by atoms with Crippen molar-refractivity contribution in [3.63, 3.8) is 0 Å². The predicted molar refractivity (Wildman–Crippen MR) is 70.1 cm³/mol. The molecule has 2 aliphatic rings. The van der Waals surface area contributed by atoms with Gasteiger partial charge in [0.2, 0.25) is 0 Å². The summed E-state index contributed by atoms with van der Waals surface area (Å²) < 4.78 is 0. The highest BCUT2D eigenvalue weighted by Crippen LogP contribution is 2.21. The minimum atomic E-state index is 0.134. The number of nitrogens with zero attached hydrogens (tertiary/aromatic N) is 1. The summed E-state index contributed by atoms with van der Waals surface area (Å²) in [5, 5.41) is 11.5. The quantitative estimate of drug-likeness (QED) is 0.795. The second-order valence-electron chi connectivity index (χ2n) is 4.87. The van der Waals surface area contributed by atoms with Crippen molar-refractivity contribution in [3.8, 4) is 0 Å². The van der Waals surface area contributed by atoms with Crippen LogP contribution in [0.5, 0.6) is 0 Å². The smallest absolute Gasteiger partial charge is 0.317 e. The summed E-state index contributed by atoms with van der Waals surface area (Å²) in [5.74, 6) is 0. The Morgan fingerprint density at radius 1 is 1.33 bits per heavy atom. The number of rotatable bonds is 1. The number of carbonyl (C=O) groups excluding carboxylic acids is 1. The lowest BCUT2D eigenvalue weighted by Crippen LogP contribution is -2.37. The van der Waals surface area contributed by atoms with Gasteiger partial charge >= 0.3 is 6.03 Å². The molecule has 0 saturated carbocycles. The number of urea groups is 1. The van der Waals surface area contributed by atoms with E-state index in [1.54, 1.807) is 0 Å². The molecule has 4 nitrogen and oxygen atoms in total. The maximum absolute atomic E-state index is 11.1. The van der Waals surface area contributed by atoms with E-state index in [4.69, 9.17) is 5.11 Å². The topological polar surface area (TPSA) is 52.6 Å². The zero-order valence-corrected chi connectivity index (χ0v) is 10.7. The fourth-order valence-electron chi connectivity index (χ4n) is 2.35. The van der Waals surface area contributed by atoms with E-state index < -0.39 is 0 Å². The maximum atomic E-state index is 11.1. The van der Waals surface area contributed by atoms with Crippen molar-refractivity contribution < 1.29 is 9.90 Å². The van der Waals surface area contributed by atoms with Crippen molar-refractivity contribution in [1.82, 2.24) is 10.2 Å². The summed E-state index contributed by atoms with van der Waals surface area (Å²) in [4.78, 5) is 13.0. The van der Waals surface area contributed by atoms with Crippen LogP contribution in [0.15, 0.2) is 30.3 Å². The first-order valence-electron chi connectivity index (χ1n) is 6.42. The molecule has 2 amide bonds. The fourth-order valence-corrected chi connectivity index (χ4v) is 2.35. The minimum absolute atomic E-state index is 0.134. The number of hydrogen-bond donors (Lipinski definition) is 2. The highest BCUT2D eigenvalue weighted by atomic mass is 16.3. The molecular weight excluding hydrogens is 228 g/mol. The summed E-state index contributed by atoms with van der Waals surface area (Å²) in [6, 6.07) is 10.6. The number of nitrogens with one attached hydrogen (secondary N) is 1. The molecule has 0 spiro atoms. The Hall–Kier alpha value is -1.55. The Kier molecular flexibility index (Phi) is 4.20. The van der Waals surface area contributed by atoms with Crippen LogP contribution in [0, 0.1) is 0 Å². The van der Waals surface area contributed by atoms with Crippen LogP contribution >= 0.6 is 0 Å². The number of piperidine rings is 1. The Morgan fingerprint density at radius 3 is 2.61 bits per heavy atom. The van der Waals surface area contributed by atoms with Crippen LogP contribution in [0.2, 0.25) is 0 Å². The molecule has 2 N–H and O–H groups in total. The van der Waals surface area contributed by atoms with Crippen molar-refractivity contribution in [3.05, 3.63) is 35.9 Å². The molecule has 1 unspecified atom stereocenters. The molecule has 2 atom stereocenters. The third-order valence-corrected chi connectivity index (χ3v) is 3.50. The molecule has 0 aromatic heterocycles. The van der Waals surface area contributed by atoms with Crippen LogP contribution in [0.1, 0.15) is 25.3 Å². The van der Waals surface area contributed by atoms with Crippen molar-refractivity contribution in [2.24, 2.45) is 0 Å². The van der Waals surface area contributed by atoms with Crippen molar-refractivity contribution >= 4 is 6.03 Å². The molecule has 2 saturated heterocycles. The molecular formula is C14H20N2O2. The molecule has 98 valence electrons. The van der Waals surface area contributed by atoms with Gasteiger partial charge in [-0.3, -0.25) is 0 Å². The Bertz CT molecular complexity index is 394. The molecule has 18 heavy (non-hydrogen) atoms. The summed E-state index contributed by atoms with van der Waals surface area (Å²) in [7, 11) is 0.